The molecule has 0 aliphatic heterocycles. The van der Waals surface area contributed by atoms with Crippen molar-refractivity contribution in [2.75, 3.05) is 24.7 Å². The van der Waals surface area contributed by atoms with Gasteiger partial charge in [-0.2, -0.15) is 0 Å². The summed E-state index contributed by atoms with van der Waals surface area (Å²) in [5, 5.41) is 14.2. The Balaban J connectivity index is 1.38. The molecular weight excluding hydrogens is 516 g/mol. The van der Waals surface area contributed by atoms with E-state index in [9.17, 15) is 14.4 Å². The van der Waals surface area contributed by atoms with E-state index in [4.69, 9.17) is 14.6 Å². The van der Waals surface area contributed by atoms with E-state index in [2.05, 4.69) is 22.8 Å². The van der Waals surface area contributed by atoms with E-state index >= 15 is 0 Å². The number of thioether (sulfide) groups is 1. The molecule has 0 spiro atoms. The number of ether oxygens (including phenoxy) is 2. The second kappa shape index (κ2) is 13.8. The Labute approximate surface area is 232 Å². The van der Waals surface area contributed by atoms with Crippen LogP contribution in [-0.2, 0) is 25.7 Å². The maximum absolute atomic E-state index is 13.0. The molecular formula is C30H32N2O6S. The molecule has 0 saturated heterocycles. The van der Waals surface area contributed by atoms with Crippen LogP contribution >= 0.6 is 11.8 Å². The number of carboxylic acid groups (broad SMARTS) is 1. The van der Waals surface area contributed by atoms with E-state index in [1.54, 1.807) is 6.92 Å². The van der Waals surface area contributed by atoms with E-state index in [0.717, 1.165) is 27.8 Å². The highest BCUT2D eigenvalue weighted by Crippen LogP contribution is 2.44. The highest BCUT2D eigenvalue weighted by molar-refractivity contribution is 7.99. The van der Waals surface area contributed by atoms with E-state index in [1.807, 2.05) is 66.7 Å². The van der Waals surface area contributed by atoms with Crippen molar-refractivity contribution in [1.29, 1.82) is 0 Å². The van der Waals surface area contributed by atoms with Crippen LogP contribution in [0, 0.1) is 0 Å². The summed E-state index contributed by atoms with van der Waals surface area (Å²) in [6.45, 7) is 2.37. The summed E-state index contributed by atoms with van der Waals surface area (Å²) in [5.74, 6) is -1.07. The number of carboxylic acids is 1. The smallest absolute Gasteiger partial charge is 0.407 e. The Hall–Kier alpha value is -3.82. The first kappa shape index (κ1) is 28.2. The van der Waals surface area contributed by atoms with Crippen LogP contribution < -0.4 is 10.6 Å². The maximum atomic E-state index is 13.0. The van der Waals surface area contributed by atoms with Gasteiger partial charge >= 0.3 is 12.1 Å². The van der Waals surface area contributed by atoms with Crippen molar-refractivity contribution in [1.82, 2.24) is 10.6 Å². The number of aliphatic carboxylic acids is 1. The third kappa shape index (κ3) is 7.61. The lowest BCUT2D eigenvalue weighted by atomic mass is 9.98. The van der Waals surface area contributed by atoms with Crippen molar-refractivity contribution in [2.45, 2.75) is 31.6 Å². The normalized spacial score (nSPS) is 13.6. The van der Waals surface area contributed by atoms with Crippen LogP contribution in [0.2, 0.25) is 0 Å². The van der Waals surface area contributed by atoms with Crippen molar-refractivity contribution in [3.63, 3.8) is 0 Å². The average Bonchev–Trinajstić information content (AvgIpc) is 3.27. The van der Waals surface area contributed by atoms with Gasteiger partial charge in [0.25, 0.3) is 0 Å². The Bertz CT molecular complexity index is 1240. The summed E-state index contributed by atoms with van der Waals surface area (Å²) in [4.78, 5) is 36.7. The van der Waals surface area contributed by atoms with Gasteiger partial charge in [0.15, 0.2) is 0 Å². The zero-order valence-electron chi connectivity index (χ0n) is 21.7. The standard InChI is InChI=1S/C30H32N2O6S/c1-20(37-17-21-9-3-2-4-10-21)28(29(35)31-15-16-39-19-27(33)34)32-30(36)38-18-26-24-13-7-5-11-22(24)23-12-6-8-14-25(23)26/h2-14,20,26,28H,15-19H2,1H3,(H,31,35)(H,32,36)(H,33,34). The first-order valence-electron chi connectivity index (χ1n) is 12.8. The van der Waals surface area contributed by atoms with E-state index in [-0.39, 0.29) is 31.4 Å². The van der Waals surface area contributed by atoms with Crippen LogP contribution in [0.1, 0.15) is 29.5 Å². The number of hydrogen-bond donors (Lipinski definition) is 3. The van der Waals surface area contributed by atoms with E-state index in [0.29, 0.717) is 5.75 Å². The lowest BCUT2D eigenvalue weighted by molar-refractivity contribution is -0.134. The second-order valence-electron chi connectivity index (χ2n) is 9.19. The number of carbonyl (C=O) groups excluding carboxylic acids is 2. The van der Waals surface area contributed by atoms with Gasteiger partial charge in [-0.25, -0.2) is 4.79 Å². The van der Waals surface area contributed by atoms with Crippen molar-refractivity contribution in [3.05, 3.63) is 95.6 Å². The zero-order valence-corrected chi connectivity index (χ0v) is 22.5. The SMILES string of the molecule is CC(OCc1ccccc1)C(NC(=O)OCC1c2ccccc2-c2ccccc21)C(=O)NCCSCC(=O)O. The predicted octanol–water partition coefficient (Wildman–Crippen LogP) is 4.43. The molecule has 204 valence electrons. The van der Waals surface area contributed by atoms with Gasteiger partial charge in [0, 0.05) is 18.2 Å². The molecule has 3 aromatic carbocycles. The van der Waals surface area contributed by atoms with Gasteiger partial charge in [0.05, 0.1) is 18.5 Å². The minimum Gasteiger partial charge on any atom is -0.481 e. The fourth-order valence-corrected chi connectivity index (χ4v) is 5.14. The second-order valence-corrected chi connectivity index (χ2v) is 10.3. The molecule has 0 fully saturated rings. The molecule has 2 atom stereocenters. The van der Waals surface area contributed by atoms with Crippen molar-refractivity contribution >= 4 is 29.7 Å². The van der Waals surface area contributed by atoms with Gasteiger partial charge in [0.2, 0.25) is 5.91 Å². The number of nitrogens with one attached hydrogen (secondary N) is 2. The van der Waals surface area contributed by atoms with Crippen molar-refractivity contribution in [2.24, 2.45) is 0 Å². The Kier molecular flexibility index (Phi) is 9.99. The number of fused-ring (bicyclic) bond motifs is 3. The molecule has 0 saturated carbocycles. The average molecular weight is 549 g/mol. The minimum absolute atomic E-state index is 0.0477. The highest BCUT2D eigenvalue weighted by atomic mass is 32.2. The predicted molar refractivity (Wildman–Crippen MR) is 151 cm³/mol. The van der Waals surface area contributed by atoms with Gasteiger partial charge < -0.3 is 25.2 Å². The summed E-state index contributed by atoms with van der Waals surface area (Å²) in [7, 11) is 0. The molecule has 8 nitrogen and oxygen atoms in total. The molecule has 4 rings (SSSR count). The van der Waals surface area contributed by atoms with Crippen LogP contribution in [0.5, 0.6) is 0 Å². The molecule has 3 N–H and O–H groups in total. The molecule has 2 unspecified atom stereocenters. The summed E-state index contributed by atoms with van der Waals surface area (Å²) in [5.41, 5.74) is 5.39. The third-order valence-corrected chi connectivity index (χ3v) is 7.44. The number of hydrogen-bond acceptors (Lipinski definition) is 6. The minimum atomic E-state index is -1.01. The van der Waals surface area contributed by atoms with Crippen LogP contribution in [0.15, 0.2) is 78.9 Å². The number of rotatable bonds is 13. The number of carbonyl (C=O) groups is 3. The molecule has 0 aromatic heterocycles. The molecule has 3 aromatic rings. The third-order valence-electron chi connectivity index (χ3n) is 6.50. The first-order chi connectivity index (χ1) is 18.9. The summed E-state index contributed by atoms with van der Waals surface area (Å²) in [6.07, 6.45) is -1.37. The Morgan fingerprint density at radius 2 is 1.54 bits per heavy atom. The van der Waals surface area contributed by atoms with E-state index in [1.165, 1.54) is 11.8 Å². The van der Waals surface area contributed by atoms with Crippen molar-refractivity contribution < 1.29 is 29.0 Å². The van der Waals surface area contributed by atoms with Crippen LogP contribution in [0.4, 0.5) is 4.79 Å². The topological polar surface area (TPSA) is 114 Å². The van der Waals surface area contributed by atoms with Crippen molar-refractivity contribution in [3.8, 4) is 11.1 Å². The van der Waals surface area contributed by atoms with Gasteiger partial charge in [-0.3, -0.25) is 9.59 Å². The molecule has 1 aliphatic rings. The fourth-order valence-electron chi connectivity index (χ4n) is 4.58. The summed E-state index contributed by atoms with van der Waals surface area (Å²) in [6, 6.07) is 24.7. The monoisotopic (exact) mass is 548 g/mol. The Morgan fingerprint density at radius 1 is 0.923 bits per heavy atom. The van der Waals surface area contributed by atoms with Gasteiger partial charge in [-0.05, 0) is 34.7 Å². The molecule has 9 heteroatoms. The lowest BCUT2D eigenvalue weighted by Gasteiger charge is -2.25. The zero-order chi connectivity index (χ0) is 27.6. The highest BCUT2D eigenvalue weighted by Gasteiger charge is 2.31. The summed E-state index contributed by atoms with van der Waals surface area (Å²) >= 11 is 1.20. The quantitative estimate of drug-likeness (QED) is 0.271. The first-order valence-corrected chi connectivity index (χ1v) is 13.9. The lowest BCUT2D eigenvalue weighted by Crippen LogP contribution is -2.53. The van der Waals surface area contributed by atoms with E-state index < -0.39 is 30.1 Å². The molecule has 39 heavy (non-hydrogen) atoms. The van der Waals surface area contributed by atoms with Gasteiger partial charge in [-0.1, -0.05) is 78.9 Å². The van der Waals surface area contributed by atoms with Crippen LogP contribution in [0.3, 0.4) is 0 Å². The summed E-state index contributed by atoms with van der Waals surface area (Å²) < 4.78 is 11.6. The molecule has 2 amide bonds. The number of alkyl carbamates (subject to hydrolysis) is 1. The Morgan fingerprint density at radius 3 is 2.18 bits per heavy atom. The van der Waals surface area contributed by atoms with Crippen LogP contribution in [-0.4, -0.2) is 59.9 Å². The van der Waals surface area contributed by atoms with Crippen LogP contribution in [0.25, 0.3) is 11.1 Å². The molecule has 0 radical (unpaired) electrons. The number of benzene rings is 3. The molecule has 1 aliphatic carbocycles. The molecule has 0 bridgehead atoms. The van der Waals surface area contributed by atoms with Gasteiger partial charge in [0.1, 0.15) is 12.6 Å². The number of amides is 2. The largest absolute Gasteiger partial charge is 0.481 e. The molecule has 0 heterocycles. The maximum Gasteiger partial charge on any atom is 0.407 e. The fraction of sp³-hybridized carbons (Fsp3) is 0.300. The van der Waals surface area contributed by atoms with Gasteiger partial charge in [-0.15, -0.1) is 11.8 Å².